The second-order valence-electron chi connectivity index (χ2n) is 4.76. The van der Waals surface area contributed by atoms with Crippen LogP contribution in [0.2, 0.25) is 0 Å². The van der Waals surface area contributed by atoms with E-state index in [9.17, 15) is 0 Å². The maximum absolute atomic E-state index is 8.03. The van der Waals surface area contributed by atoms with Crippen LogP contribution in [0.25, 0.3) is 11.0 Å². The lowest BCUT2D eigenvalue weighted by atomic mass is 10.2. The number of rotatable bonds is 7. The van der Waals surface area contributed by atoms with Crippen LogP contribution in [0.5, 0.6) is 0 Å². The average molecular weight is 283 g/mol. The number of allylic oxidation sites excluding steroid dienone is 4. The Hall–Kier alpha value is -2.27. The Kier molecular flexibility index (Phi) is 5.84. The van der Waals surface area contributed by atoms with Crippen molar-refractivity contribution in [2.45, 2.75) is 19.3 Å². The van der Waals surface area contributed by atoms with E-state index in [1.54, 1.807) is 6.08 Å². The van der Waals surface area contributed by atoms with Crippen molar-refractivity contribution in [3.8, 4) is 0 Å². The Morgan fingerprint density at radius 3 is 3.00 bits per heavy atom. The summed E-state index contributed by atoms with van der Waals surface area (Å²) in [7, 11) is 1.97. The summed E-state index contributed by atoms with van der Waals surface area (Å²) < 4.78 is 1.53. The topological polar surface area (TPSA) is 66.6 Å². The number of benzene rings is 1. The van der Waals surface area contributed by atoms with Gasteiger partial charge < -0.3 is 5.32 Å². The molecule has 0 fully saturated rings. The van der Waals surface area contributed by atoms with Crippen LogP contribution in [-0.4, -0.2) is 34.4 Å². The minimum atomic E-state index is 0.309. The molecule has 21 heavy (non-hydrogen) atoms. The standard InChI is InChI=1S/C16H21N5/c1-18-13-9-5-3-2-4-6-12-16(17)21-15-11-8-7-10-14(15)19-20-21/h2,4,6-8,10-12,17-18H,3,5,9,13H2,1H3/b4-2+,12-6-,17-16?. The molecule has 110 valence electrons. The van der Waals surface area contributed by atoms with E-state index < -0.39 is 0 Å². The molecule has 0 saturated carbocycles. The zero-order chi connectivity index (χ0) is 14.9. The molecule has 1 heterocycles. The highest BCUT2D eigenvalue weighted by molar-refractivity contribution is 5.97. The summed E-state index contributed by atoms with van der Waals surface area (Å²) in [5, 5.41) is 19.2. The molecular formula is C16H21N5. The second kappa shape index (κ2) is 8.11. The first-order valence-corrected chi connectivity index (χ1v) is 7.20. The molecule has 2 N–H and O–H groups in total. The molecule has 5 nitrogen and oxygen atoms in total. The monoisotopic (exact) mass is 283 g/mol. The number of hydrogen-bond donors (Lipinski definition) is 2. The van der Waals surface area contributed by atoms with Crippen LogP contribution in [0.15, 0.2) is 48.6 Å². The summed E-state index contributed by atoms with van der Waals surface area (Å²) in [5.74, 6) is 0.309. The largest absolute Gasteiger partial charge is 0.320 e. The summed E-state index contributed by atoms with van der Waals surface area (Å²) in [6.45, 7) is 1.06. The maximum Gasteiger partial charge on any atom is 0.148 e. The van der Waals surface area contributed by atoms with E-state index in [4.69, 9.17) is 5.41 Å². The first-order chi connectivity index (χ1) is 10.3. The molecule has 0 aliphatic carbocycles. The van der Waals surface area contributed by atoms with E-state index in [-0.39, 0.29) is 0 Å². The molecule has 2 rings (SSSR count). The van der Waals surface area contributed by atoms with Gasteiger partial charge in [0.1, 0.15) is 11.4 Å². The zero-order valence-corrected chi connectivity index (χ0v) is 12.3. The molecule has 0 amide bonds. The molecule has 0 unspecified atom stereocenters. The lowest BCUT2D eigenvalue weighted by Crippen LogP contribution is -2.08. The quantitative estimate of drug-likeness (QED) is 0.355. The van der Waals surface area contributed by atoms with Gasteiger partial charge in [-0.15, -0.1) is 5.10 Å². The van der Waals surface area contributed by atoms with Gasteiger partial charge in [0.05, 0.1) is 5.52 Å². The van der Waals surface area contributed by atoms with Gasteiger partial charge in [-0.25, -0.2) is 0 Å². The number of nitrogens with zero attached hydrogens (tertiary/aromatic N) is 3. The van der Waals surface area contributed by atoms with Crippen molar-refractivity contribution in [1.29, 1.82) is 5.41 Å². The van der Waals surface area contributed by atoms with E-state index in [1.165, 1.54) is 17.5 Å². The molecule has 0 atom stereocenters. The van der Waals surface area contributed by atoms with E-state index in [2.05, 4.69) is 21.7 Å². The van der Waals surface area contributed by atoms with Crippen LogP contribution in [-0.2, 0) is 0 Å². The summed E-state index contributed by atoms with van der Waals surface area (Å²) in [6.07, 6.45) is 11.1. The second-order valence-corrected chi connectivity index (χ2v) is 4.76. The van der Waals surface area contributed by atoms with Crippen molar-refractivity contribution in [3.63, 3.8) is 0 Å². The number of hydrogen-bond acceptors (Lipinski definition) is 4. The van der Waals surface area contributed by atoms with Crippen molar-refractivity contribution in [2.24, 2.45) is 0 Å². The summed E-state index contributed by atoms with van der Waals surface area (Å²) in [5.41, 5.74) is 1.65. The fourth-order valence-corrected chi connectivity index (χ4v) is 2.00. The molecule has 0 aliphatic rings. The fourth-order valence-electron chi connectivity index (χ4n) is 2.00. The normalized spacial score (nSPS) is 11.9. The first-order valence-electron chi connectivity index (χ1n) is 7.20. The third-order valence-electron chi connectivity index (χ3n) is 3.13. The fraction of sp³-hybridized carbons (Fsp3) is 0.312. The number of para-hydroxylation sites is 1. The molecule has 1 aromatic heterocycles. The molecule has 0 radical (unpaired) electrons. The summed E-state index contributed by atoms with van der Waals surface area (Å²) in [6, 6.07) is 7.64. The van der Waals surface area contributed by atoms with E-state index in [0.717, 1.165) is 24.0 Å². The van der Waals surface area contributed by atoms with Gasteiger partial charge in [0, 0.05) is 0 Å². The zero-order valence-electron chi connectivity index (χ0n) is 12.3. The lowest BCUT2D eigenvalue weighted by molar-refractivity contribution is 0.684. The van der Waals surface area contributed by atoms with Crippen molar-refractivity contribution >= 4 is 16.9 Å². The molecule has 0 aliphatic heterocycles. The molecular weight excluding hydrogens is 262 g/mol. The van der Waals surface area contributed by atoms with Crippen molar-refractivity contribution < 1.29 is 0 Å². The van der Waals surface area contributed by atoms with Crippen LogP contribution in [0.4, 0.5) is 0 Å². The minimum absolute atomic E-state index is 0.309. The Balaban J connectivity index is 1.86. The SMILES string of the molecule is CNCCCC/C=C/C=C\C(=N)n1nnc2ccccc21. The maximum atomic E-state index is 8.03. The third kappa shape index (κ3) is 4.36. The average Bonchev–Trinajstić information content (AvgIpc) is 2.94. The molecule has 0 spiro atoms. The van der Waals surface area contributed by atoms with Crippen molar-refractivity contribution in [3.05, 3.63) is 48.6 Å². The lowest BCUT2D eigenvalue weighted by Gasteiger charge is -1.97. The number of unbranched alkanes of at least 4 members (excludes halogenated alkanes) is 2. The Morgan fingerprint density at radius 1 is 1.29 bits per heavy atom. The van der Waals surface area contributed by atoms with E-state index >= 15 is 0 Å². The van der Waals surface area contributed by atoms with Gasteiger partial charge in [0.25, 0.3) is 0 Å². The van der Waals surface area contributed by atoms with Crippen LogP contribution in [0.3, 0.4) is 0 Å². The number of aromatic nitrogens is 3. The Morgan fingerprint density at radius 2 is 2.14 bits per heavy atom. The van der Waals surface area contributed by atoms with E-state index in [0.29, 0.717) is 5.84 Å². The smallest absolute Gasteiger partial charge is 0.148 e. The molecule has 2 aromatic rings. The van der Waals surface area contributed by atoms with Gasteiger partial charge in [0.15, 0.2) is 0 Å². The predicted octanol–water partition coefficient (Wildman–Crippen LogP) is 2.76. The first kappa shape index (κ1) is 15.1. The summed E-state index contributed by atoms with van der Waals surface area (Å²) >= 11 is 0. The van der Waals surface area contributed by atoms with Crippen LogP contribution < -0.4 is 5.32 Å². The van der Waals surface area contributed by atoms with Gasteiger partial charge in [-0.1, -0.05) is 35.6 Å². The highest BCUT2D eigenvalue weighted by Crippen LogP contribution is 2.09. The third-order valence-corrected chi connectivity index (χ3v) is 3.13. The minimum Gasteiger partial charge on any atom is -0.320 e. The van der Waals surface area contributed by atoms with E-state index in [1.807, 2.05) is 43.5 Å². The molecule has 0 saturated heterocycles. The predicted molar refractivity (Wildman–Crippen MR) is 86.7 cm³/mol. The van der Waals surface area contributed by atoms with Crippen LogP contribution in [0.1, 0.15) is 19.3 Å². The van der Waals surface area contributed by atoms with Gasteiger partial charge in [-0.3, -0.25) is 5.41 Å². The molecule has 1 aromatic carbocycles. The van der Waals surface area contributed by atoms with Gasteiger partial charge in [-0.2, -0.15) is 4.68 Å². The Bertz CT molecular complexity index is 639. The number of fused-ring (bicyclic) bond motifs is 1. The van der Waals surface area contributed by atoms with Gasteiger partial charge >= 0.3 is 0 Å². The van der Waals surface area contributed by atoms with Gasteiger partial charge in [0.2, 0.25) is 0 Å². The highest BCUT2D eigenvalue weighted by Gasteiger charge is 2.04. The van der Waals surface area contributed by atoms with Crippen LogP contribution >= 0.6 is 0 Å². The van der Waals surface area contributed by atoms with Crippen molar-refractivity contribution in [2.75, 3.05) is 13.6 Å². The molecule has 0 bridgehead atoms. The van der Waals surface area contributed by atoms with Crippen molar-refractivity contribution in [1.82, 2.24) is 20.3 Å². The number of nitrogens with one attached hydrogen (secondary N) is 2. The highest BCUT2D eigenvalue weighted by atomic mass is 15.4. The van der Waals surface area contributed by atoms with Crippen LogP contribution in [0, 0.1) is 5.41 Å². The summed E-state index contributed by atoms with van der Waals surface area (Å²) in [4.78, 5) is 0. The van der Waals surface area contributed by atoms with Gasteiger partial charge in [-0.05, 0) is 51.1 Å². The Labute approximate surface area is 124 Å². The molecule has 5 heteroatoms.